The molecule has 0 aromatic carbocycles. The number of halogens is 1. The molecule has 0 aromatic rings. The lowest BCUT2D eigenvalue weighted by atomic mass is 10.5. The number of ether oxygens (including phenoxy) is 2. The van der Waals surface area contributed by atoms with Crippen LogP contribution >= 0.6 is 0 Å². The minimum absolute atomic E-state index is 0.0144. The Morgan fingerprint density at radius 3 is 2.54 bits per heavy atom. The Morgan fingerprint density at radius 2 is 2.00 bits per heavy atom. The van der Waals surface area contributed by atoms with Crippen molar-refractivity contribution in [1.29, 1.82) is 0 Å². The molecule has 0 amide bonds. The van der Waals surface area contributed by atoms with Gasteiger partial charge in [0.25, 0.3) is 0 Å². The molecule has 0 saturated heterocycles. The van der Waals surface area contributed by atoms with Crippen LogP contribution in [0.1, 0.15) is 13.3 Å². The van der Waals surface area contributed by atoms with Crippen molar-refractivity contribution in [3.63, 3.8) is 0 Å². The molecule has 78 valence electrons. The van der Waals surface area contributed by atoms with Crippen molar-refractivity contribution < 1.29 is 23.8 Å². The summed E-state index contributed by atoms with van der Waals surface area (Å²) >= 11 is 0. The molecule has 4 nitrogen and oxygen atoms in total. The van der Waals surface area contributed by atoms with Crippen LogP contribution in [0.2, 0.25) is 0 Å². The van der Waals surface area contributed by atoms with Gasteiger partial charge in [-0.15, -0.1) is 0 Å². The zero-order valence-electron chi connectivity index (χ0n) is 7.66. The van der Waals surface area contributed by atoms with Crippen molar-refractivity contribution in [1.82, 2.24) is 0 Å². The van der Waals surface area contributed by atoms with E-state index in [9.17, 15) is 9.18 Å². The van der Waals surface area contributed by atoms with E-state index < -0.39 is 12.1 Å². The molecule has 1 N–H and O–H groups in total. The van der Waals surface area contributed by atoms with Crippen LogP contribution in [-0.2, 0) is 14.3 Å². The van der Waals surface area contributed by atoms with Gasteiger partial charge in [-0.2, -0.15) is 0 Å². The second-order valence-electron chi connectivity index (χ2n) is 2.61. The van der Waals surface area contributed by atoms with E-state index in [0.717, 1.165) is 0 Å². The van der Waals surface area contributed by atoms with Crippen LogP contribution in [0.15, 0.2) is 0 Å². The van der Waals surface area contributed by atoms with Crippen molar-refractivity contribution in [2.24, 2.45) is 0 Å². The second-order valence-corrected chi connectivity index (χ2v) is 2.61. The van der Waals surface area contributed by atoms with Crippen LogP contribution < -0.4 is 0 Å². The lowest BCUT2D eigenvalue weighted by Crippen LogP contribution is -2.12. The van der Waals surface area contributed by atoms with Crippen molar-refractivity contribution in [3.8, 4) is 0 Å². The lowest BCUT2D eigenvalue weighted by molar-refractivity contribution is -0.138. The molecular formula is C8H15FO4. The summed E-state index contributed by atoms with van der Waals surface area (Å²) in [4.78, 5) is 10.0. The number of carboxylic acid groups (broad SMARTS) is 1. The lowest BCUT2D eigenvalue weighted by Gasteiger charge is -2.04. The standard InChI is InChI=1S/C8H15FO4/c1-7(9)6-13-5-4-12-3-2-8(10)11/h7H,2-6H2,1H3,(H,10,11). The Labute approximate surface area is 76.6 Å². The van der Waals surface area contributed by atoms with Crippen molar-refractivity contribution in [3.05, 3.63) is 0 Å². The van der Waals surface area contributed by atoms with Gasteiger partial charge >= 0.3 is 5.97 Å². The number of hydrogen-bond donors (Lipinski definition) is 1. The summed E-state index contributed by atoms with van der Waals surface area (Å²) in [7, 11) is 0. The number of alkyl halides is 1. The van der Waals surface area contributed by atoms with E-state index >= 15 is 0 Å². The summed E-state index contributed by atoms with van der Waals surface area (Å²) in [5, 5.41) is 8.23. The molecule has 0 radical (unpaired) electrons. The highest BCUT2D eigenvalue weighted by molar-refractivity contribution is 5.66. The highest BCUT2D eigenvalue weighted by Gasteiger charge is 1.98. The fourth-order valence-electron chi connectivity index (χ4n) is 0.625. The van der Waals surface area contributed by atoms with Gasteiger partial charge in [-0.3, -0.25) is 4.79 Å². The van der Waals surface area contributed by atoms with E-state index in [2.05, 4.69) is 0 Å². The predicted octanol–water partition coefficient (Wildman–Crippen LogP) is 0.852. The third-order valence-corrected chi connectivity index (χ3v) is 1.18. The number of aliphatic carboxylic acids is 1. The fourth-order valence-corrected chi connectivity index (χ4v) is 0.625. The topological polar surface area (TPSA) is 55.8 Å². The average Bonchev–Trinajstić information content (AvgIpc) is 2.01. The summed E-state index contributed by atoms with van der Waals surface area (Å²) in [6, 6.07) is 0. The summed E-state index contributed by atoms with van der Waals surface area (Å²) in [5.74, 6) is -0.890. The minimum Gasteiger partial charge on any atom is -0.481 e. The van der Waals surface area contributed by atoms with Crippen molar-refractivity contribution in [2.75, 3.05) is 26.4 Å². The monoisotopic (exact) mass is 194 g/mol. The number of carboxylic acids is 1. The maximum Gasteiger partial charge on any atom is 0.305 e. The largest absolute Gasteiger partial charge is 0.481 e. The van der Waals surface area contributed by atoms with Gasteiger partial charge in [-0.05, 0) is 6.92 Å². The number of rotatable bonds is 8. The first kappa shape index (κ1) is 12.3. The van der Waals surface area contributed by atoms with E-state index in [0.29, 0.717) is 13.2 Å². The van der Waals surface area contributed by atoms with Crippen molar-refractivity contribution >= 4 is 5.97 Å². The normalized spacial score (nSPS) is 12.8. The van der Waals surface area contributed by atoms with Gasteiger partial charge in [0.15, 0.2) is 0 Å². The molecule has 13 heavy (non-hydrogen) atoms. The van der Waals surface area contributed by atoms with Gasteiger partial charge in [0.1, 0.15) is 6.17 Å². The molecule has 0 aliphatic rings. The average molecular weight is 194 g/mol. The van der Waals surface area contributed by atoms with E-state index in [1.54, 1.807) is 0 Å². The molecule has 5 heteroatoms. The molecule has 0 fully saturated rings. The first-order chi connectivity index (χ1) is 6.13. The Kier molecular flexibility index (Phi) is 7.53. The smallest absolute Gasteiger partial charge is 0.305 e. The third-order valence-electron chi connectivity index (χ3n) is 1.18. The van der Waals surface area contributed by atoms with Crippen LogP contribution in [0, 0.1) is 0 Å². The van der Waals surface area contributed by atoms with Gasteiger partial charge in [0, 0.05) is 0 Å². The molecule has 0 aliphatic heterocycles. The Hall–Kier alpha value is -0.680. The quantitative estimate of drug-likeness (QED) is 0.582. The molecule has 1 unspecified atom stereocenters. The van der Waals surface area contributed by atoms with E-state index in [-0.39, 0.29) is 19.6 Å². The molecule has 0 bridgehead atoms. The summed E-state index contributed by atoms with van der Waals surface area (Å²) in [5.41, 5.74) is 0. The minimum atomic E-state index is -0.973. The molecule has 0 spiro atoms. The molecule has 0 aromatic heterocycles. The fraction of sp³-hybridized carbons (Fsp3) is 0.875. The summed E-state index contributed by atoms with van der Waals surface area (Å²) in [6.07, 6.45) is -0.988. The number of carbonyl (C=O) groups is 1. The zero-order valence-corrected chi connectivity index (χ0v) is 7.66. The van der Waals surface area contributed by atoms with Crippen LogP contribution in [0.3, 0.4) is 0 Å². The molecule has 0 saturated carbocycles. The predicted molar refractivity (Wildman–Crippen MR) is 44.5 cm³/mol. The third kappa shape index (κ3) is 11.3. The maximum absolute atomic E-state index is 12.1. The van der Waals surface area contributed by atoms with Crippen molar-refractivity contribution in [2.45, 2.75) is 19.5 Å². The van der Waals surface area contributed by atoms with Gasteiger partial charge in [0.05, 0.1) is 32.8 Å². The summed E-state index contributed by atoms with van der Waals surface area (Å²) in [6.45, 7) is 2.24. The van der Waals surface area contributed by atoms with E-state index in [1.807, 2.05) is 0 Å². The molecule has 0 rings (SSSR count). The first-order valence-electron chi connectivity index (χ1n) is 4.14. The van der Waals surface area contributed by atoms with Crippen LogP contribution in [0.25, 0.3) is 0 Å². The zero-order chi connectivity index (χ0) is 10.1. The Morgan fingerprint density at radius 1 is 1.38 bits per heavy atom. The van der Waals surface area contributed by atoms with E-state index in [1.165, 1.54) is 6.92 Å². The number of hydrogen-bond acceptors (Lipinski definition) is 3. The Bertz CT molecular complexity index is 138. The SMILES string of the molecule is CC(F)COCCOCCC(=O)O. The summed E-state index contributed by atoms with van der Waals surface area (Å²) < 4.78 is 21.9. The van der Waals surface area contributed by atoms with Crippen LogP contribution in [0.4, 0.5) is 4.39 Å². The van der Waals surface area contributed by atoms with Crippen LogP contribution in [0.5, 0.6) is 0 Å². The van der Waals surface area contributed by atoms with E-state index in [4.69, 9.17) is 14.6 Å². The van der Waals surface area contributed by atoms with Gasteiger partial charge in [-0.25, -0.2) is 4.39 Å². The van der Waals surface area contributed by atoms with Gasteiger partial charge in [-0.1, -0.05) is 0 Å². The van der Waals surface area contributed by atoms with Gasteiger partial charge in [0.2, 0.25) is 0 Å². The second kappa shape index (κ2) is 7.94. The molecule has 0 heterocycles. The molecule has 1 atom stereocenters. The Balaban J connectivity index is 2.96. The molecule has 0 aliphatic carbocycles. The first-order valence-corrected chi connectivity index (χ1v) is 4.14. The highest BCUT2D eigenvalue weighted by Crippen LogP contribution is 1.89. The molecular weight excluding hydrogens is 179 g/mol. The van der Waals surface area contributed by atoms with Crippen LogP contribution in [-0.4, -0.2) is 43.7 Å². The highest BCUT2D eigenvalue weighted by atomic mass is 19.1. The maximum atomic E-state index is 12.1. The van der Waals surface area contributed by atoms with Gasteiger partial charge < -0.3 is 14.6 Å².